The predicted octanol–water partition coefficient (Wildman–Crippen LogP) is 2.19. The summed E-state index contributed by atoms with van der Waals surface area (Å²) >= 11 is 0. The smallest absolute Gasteiger partial charge is 0.251 e. The molecule has 1 saturated heterocycles. The van der Waals surface area contributed by atoms with E-state index in [0.717, 1.165) is 18.9 Å². The summed E-state index contributed by atoms with van der Waals surface area (Å²) in [5, 5.41) is 9.58. The SMILES string of the molecule is CC(O)C(=O)N1C(C)CN(c2ccc(C(C)(C)C)cn2)CC1C. The summed E-state index contributed by atoms with van der Waals surface area (Å²) in [6, 6.07) is 4.28. The highest BCUT2D eigenvalue weighted by molar-refractivity contribution is 5.81. The van der Waals surface area contributed by atoms with Crippen molar-refractivity contribution in [2.24, 2.45) is 0 Å². The van der Waals surface area contributed by atoms with E-state index >= 15 is 0 Å². The molecule has 128 valence electrons. The molecule has 1 N–H and O–H groups in total. The van der Waals surface area contributed by atoms with E-state index in [1.165, 1.54) is 12.5 Å². The molecule has 2 heterocycles. The van der Waals surface area contributed by atoms with E-state index in [2.05, 4.69) is 42.8 Å². The molecule has 1 aromatic heterocycles. The summed E-state index contributed by atoms with van der Waals surface area (Å²) in [6.45, 7) is 13.5. The summed E-state index contributed by atoms with van der Waals surface area (Å²) in [4.78, 5) is 20.8. The highest BCUT2D eigenvalue weighted by Gasteiger charge is 2.34. The van der Waals surface area contributed by atoms with Gasteiger partial charge >= 0.3 is 0 Å². The van der Waals surface area contributed by atoms with Crippen LogP contribution >= 0.6 is 0 Å². The van der Waals surface area contributed by atoms with Gasteiger partial charge in [-0.1, -0.05) is 26.8 Å². The van der Waals surface area contributed by atoms with Gasteiger partial charge in [0.15, 0.2) is 0 Å². The fourth-order valence-corrected chi connectivity index (χ4v) is 3.18. The molecule has 0 aliphatic carbocycles. The van der Waals surface area contributed by atoms with Crippen molar-refractivity contribution < 1.29 is 9.90 Å². The zero-order chi connectivity index (χ0) is 17.4. The van der Waals surface area contributed by atoms with Gasteiger partial charge in [0, 0.05) is 31.4 Å². The molecule has 0 aromatic carbocycles. The summed E-state index contributed by atoms with van der Waals surface area (Å²) in [5.41, 5.74) is 1.30. The molecule has 23 heavy (non-hydrogen) atoms. The van der Waals surface area contributed by atoms with E-state index in [4.69, 9.17) is 0 Å². The van der Waals surface area contributed by atoms with Crippen molar-refractivity contribution in [3.8, 4) is 0 Å². The molecule has 1 fully saturated rings. The lowest BCUT2D eigenvalue weighted by Gasteiger charge is -2.45. The number of pyridine rings is 1. The summed E-state index contributed by atoms with van der Waals surface area (Å²) < 4.78 is 0. The van der Waals surface area contributed by atoms with E-state index in [1.807, 2.05) is 20.0 Å². The van der Waals surface area contributed by atoms with Crippen LogP contribution < -0.4 is 4.90 Å². The topological polar surface area (TPSA) is 56.7 Å². The van der Waals surface area contributed by atoms with Crippen molar-refractivity contribution in [3.05, 3.63) is 23.9 Å². The van der Waals surface area contributed by atoms with Crippen LogP contribution in [0.4, 0.5) is 5.82 Å². The van der Waals surface area contributed by atoms with Gasteiger partial charge in [-0.2, -0.15) is 0 Å². The minimum atomic E-state index is -0.948. The third-order valence-corrected chi connectivity index (χ3v) is 4.47. The van der Waals surface area contributed by atoms with Gasteiger partial charge in [0.2, 0.25) is 0 Å². The molecule has 0 bridgehead atoms. The zero-order valence-electron chi connectivity index (χ0n) is 15.1. The number of anilines is 1. The quantitative estimate of drug-likeness (QED) is 0.908. The van der Waals surface area contributed by atoms with Gasteiger partial charge in [0.25, 0.3) is 5.91 Å². The van der Waals surface area contributed by atoms with Crippen molar-refractivity contribution in [1.82, 2.24) is 9.88 Å². The van der Waals surface area contributed by atoms with Crippen molar-refractivity contribution in [1.29, 1.82) is 0 Å². The molecule has 1 aromatic rings. The van der Waals surface area contributed by atoms with Gasteiger partial charge in [-0.05, 0) is 37.8 Å². The second-order valence-electron chi connectivity index (χ2n) is 7.68. The van der Waals surface area contributed by atoms with E-state index in [1.54, 1.807) is 4.90 Å². The molecule has 3 atom stereocenters. The molecular formula is C18H29N3O2. The average molecular weight is 319 g/mol. The Labute approximate surface area is 139 Å². The Balaban J connectivity index is 2.14. The summed E-state index contributed by atoms with van der Waals surface area (Å²) in [5.74, 6) is 0.751. The number of carbonyl (C=O) groups excluding carboxylic acids is 1. The molecule has 1 aliphatic heterocycles. The number of rotatable bonds is 2. The van der Waals surface area contributed by atoms with Crippen molar-refractivity contribution in [2.45, 2.75) is 65.1 Å². The molecule has 1 amide bonds. The van der Waals surface area contributed by atoms with Gasteiger partial charge in [0.05, 0.1) is 0 Å². The van der Waals surface area contributed by atoms with Gasteiger partial charge in [-0.25, -0.2) is 4.98 Å². The number of aliphatic hydroxyl groups is 1. The van der Waals surface area contributed by atoms with Crippen molar-refractivity contribution in [2.75, 3.05) is 18.0 Å². The third kappa shape index (κ3) is 3.83. The second-order valence-corrected chi connectivity index (χ2v) is 7.68. The lowest BCUT2D eigenvalue weighted by atomic mass is 9.88. The fourth-order valence-electron chi connectivity index (χ4n) is 3.18. The Kier molecular flexibility index (Phi) is 4.99. The van der Waals surface area contributed by atoms with Gasteiger partial charge in [-0.3, -0.25) is 4.79 Å². The predicted molar refractivity (Wildman–Crippen MR) is 92.6 cm³/mol. The Hall–Kier alpha value is -1.62. The van der Waals surface area contributed by atoms with Crippen LogP contribution in [0, 0.1) is 0 Å². The summed E-state index contributed by atoms with van der Waals surface area (Å²) in [7, 11) is 0. The Morgan fingerprint density at radius 2 is 1.83 bits per heavy atom. The fraction of sp³-hybridized carbons (Fsp3) is 0.667. The largest absolute Gasteiger partial charge is 0.384 e. The number of aliphatic hydroxyl groups excluding tert-OH is 1. The lowest BCUT2D eigenvalue weighted by molar-refractivity contribution is -0.144. The Morgan fingerprint density at radius 3 is 2.22 bits per heavy atom. The van der Waals surface area contributed by atoms with Crippen molar-refractivity contribution in [3.63, 3.8) is 0 Å². The first-order valence-corrected chi connectivity index (χ1v) is 8.33. The number of carbonyl (C=O) groups is 1. The number of hydrogen-bond donors (Lipinski definition) is 1. The van der Waals surface area contributed by atoms with Crippen LogP contribution in [0.25, 0.3) is 0 Å². The number of amides is 1. The third-order valence-electron chi connectivity index (χ3n) is 4.47. The van der Waals surface area contributed by atoms with Crippen LogP contribution in [0.1, 0.15) is 47.1 Å². The number of nitrogens with zero attached hydrogens (tertiary/aromatic N) is 3. The molecule has 5 nitrogen and oxygen atoms in total. The molecule has 1 aliphatic rings. The lowest BCUT2D eigenvalue weighted by Crippen LogP contribution is -2.60. The first kappa shape index (κ1) is 17.7. The first-order chi connectivity index (χ1) is 10.6. The molecule has 0 radical (unpaired) electrons. The maximum absolute atomic E-state index is 12.2. The van der Waals surface area contributed by atoms with E-state index in [9.17, 15) is 9.90 Å². The van der Waals surface area contributed by atoms with Crippen LogP contribution in [-0.2, 0) is 10.2 Å². The maximum Gasteiger partial charge on any atom is 0.251 e. The van der Waals surface area contributed by atoms with Gasteiger partial charge < -0.3 is 14.9 Å². The highest BCUT2D eigenvalue weighted by atomic mass is 16.3. The number of hydrogen-bond acceptors (Lipinski definition) is 4. The van der Waals surface area contributed by atoms with E-state index in [-0.39, 0.29) is 23.4 Å². The Bertz CT molecular complexity index is 536. The molecule has 0 spiro atoms. The molecule has 3 unspecified atom stereocenters. The monoisotopic (exact) mass is 319 g/mol. The molecular weight excluding hydrogens is 290 g/mol. The minimum absolute atomic E-state index is 0.0462. The highest BCUT2D eigenvalue weighted by Crippen LogP contribution is 2.25. The minimum Gasteiger partial charge on any atom is -0.384 e. The van der Waals surface area contributed by atoms with E-state index < -0.39 is 6.10 Å². The van der Waals surface area contributed by atoms with Crippen LogP contribution in [0.15, 0.2) is 18.3 Å². The van der Waals surface area contributed by atoms with Gasteiger partial charge in [0.1, 0.15) is 11.9 Å². The van der Waals surface area contributed by atoms with Crippen LogP contribution in [-0.4, -0.2) is 52.2 Å². The standard InChI is InChI=1S/C18H29N3O2/c1-12-10-20(11-13(2)21(12)17(23)14(3)22)16-8-7-15(9-19-16)18(4,5)6/h7-9,12-14,22H,10-11H2,1-6H3. The summed E-state index contributed by atoms with van der Waals surface area (Å²) in [6.07, 6.45) is 0.994. The maximum atomic E-state index is 12.2. The zero-order valence-corrected chi connectivity index (χ0v) is 15.1. The van der Waals surface area contributed by atoms with Crippen LogP contribution in [0.3, 0.4) is 0 Å². The first-order valence-electron chi connectivity index (χ1n) is 8.33. The molecule has 0 saturated carbocycles. The van der Waals surface area contributed by atoms with Crippen molar-refractivity contribution >= 4 is 11.7 Å². The van der Waals surface area contributed by atoms with Crippen LogP contribution in [0.2, 0.25) is 0 Å². The normalized spacial score (nSPS) is 23.8. The Morgan fingerprint density at radius 1 is 1.26 bits per heavy atom. The second kappa shape index (κ2) is 6.48. The molecule has 5 heteroatoms. The van der Waals surface area contributed by atoms with E-state index in [0.29, 0.717) is 0 Å². The average Bonchev–Trinajstić information content (AvgIpc) is 2.45. The molecule has 2 rings (SSSR count). The number of aromatic nitrogens is 1. The van der Waals surface area contributed by atoms with Crippen LogP contribution in [0.5, 0.6) is 0 Å². The number of piperazine rings is 1. The van der Waals surface area contributed by atoms with Gasteiger partial charge in [-0.15, -0.1) is 0 Å².